The number of anilines is 1. The fourth-order valence-electron chi connectivity index (χ4n) is 2.70. The van der Waals surface area contributed by atoms with Crippen LogP contribution in [0.2, 0.25) is 0 Å². The molecule has 0 bridgehead atoms. The molecular formula is C21H24N4O6S. The largest absolute Gasteiger partial charge is 0.497 e. The highest BCUT2D eigenvalue weighted by Gasteiger charge is 2.17. The minimum absolute atomic E-state index is 0.0432. The van der Waals surface area contributed by atoms with Gasteiger partial charge in [-0.2, -0.15) is 4.98 Å². The molecule has 0 aliphatic heterocycles. The summed E-state index contributed by atoms with van der Waals surface area (Å²) >= 11 is 0. The average Bonchev–Trinajstić information content (AvgIpc) is 3.26. The summed E-state index contributed by atoms with van der Waals surface area (Å²) in [7, 11) is -0.328. The maximum Gasteiger partial charge on any atom is 0.261 e. The van der Waals surface area contributed by atoms with Crippen molar-refractivity contribution in [3.8, 4) is 22.9 Å². The van der Waals surface area contributed by atoms with Crippen LogP contribution in [0.5, 0.6) is 11.5 Å². The molecular weight excluding hydrogens is 436 g/mol. The molecule has 0 aliphatic rings. The standard InChI is InChI=1S/C21H24N4O6S/c1-14(30-17-10-8-16(9-11-17)25(2)32(4,27)28)21(26)22-13-19-23-20(24-31-19)15-6-5-7-18(12-15)29-3/h5-12,14H,13H2,1-4H3,(H,22,26)/t14-/m1/s1. The second-order valence-electron chi connectivity index (χ2n) is 6.95. The Morgan fingerprint density at radius 2 is 1.91 bits per heavy atom. The molecule has 0 saturated carbocycles. The van der Waals surface area contributed by atoms with Crippen LogP contribution >= 0.6 is 0 Å². The summed E-state index contributed by atoms with van der Waals surface area (Å²) in [5.74, 6) is 1.36. The van der Waals surface area contributed by atoms with Crippen molar-refractivity contribution < 1.29 is 27.2 Å². The number of carbonyl (C=O) groups excluding carboxylic acids is 1. The molecule has 2 aromatic carbocycles. The van der Waals surface area contributed by atoms with Gasteiger partial charge in [0.2, 0.25) is 21.7 Å². The molecule has 1 aromatic heterocycles. The fraction of sp³-hybridized carbons (Fsp3) is 0.286. The van der Waals surface area contributed by atoms with E-state index in [0.717, 1.165) is 16.1 Å². The molecule has 170 valence electrons. The number of amides is 1. The van der Waals surface area contributed by atoms with Gasteiger partial charge in [-0.25, -0.2) is 8.42 Å². The van der Waals surface area contributed by atoms with Crippen LogP contribution in [0, 0.1) is 0 Å². The Kier molecular flexibility index (Phi) is 6.98. The highest BCUT2D eigenvalue weighted by atomic mass is 32.2. The molecule has 0 saturated heterocycles. The quantitative estimate of drug-likeness (QED) is 0.516. The Balaban J connectivity index is 1.54. The third-order valence-corrected chi connectivity index (χ3v) is 5.80. The van der Waals surface area contributed by atoms with Crippen molar-refractivity contribution in [1.29, 1.82) is 0 Å². The van der Waals surface area contributed by atoms with Gasteiger partial charge in [0, 0.05) is 12.6 Å². The predicted molar refractivity (Wildman–Crippen MR) is 118 cm³/mol. The number of hydrogen-bond donors (Lipinski definition) is 1. The van der Waals surface area contributed by atoms with Gasteiger partial charge in [-0.3, -0.25) is 9.10 Å². The van der Waals surface area contributed by atoms with Crippen LogP contribution in [-0.4, -0.2) is 51.0 Å². The van der Waals surface area contributed by atoms with Gasteiger partial charge in [0.25, 0.3) is 5.91 Å². The minimum atomic E-state index is -3.36. The molecule has 1 atom stereocenters. The van der Waals surface area contributed by atoms with Gasteiger partial charge in [0.05, 0.1) is 25.6 Å². The SMILES string of the molecule is COc1cccc(-c2noc(CNC(=O)[C@@H](C)Oc3ccc(N(C)S(C)(=O)=O)cc3)n2)c1. The predicted octanol–water partition coefficient (Wildman–Crippen LogP) is 2.22. The number of nitrogens with one attached hydrogen (secondary N) is 1. The summed E-state index contributed by atoms with van der Waals surface area (Å²) in [6, 6.07) is 13.6. The topological polar surface area (TPSA) is 124 Å². The van der Waals surface area contributed by atoms with Gasteiger partial charge < -0.3 is 19.3 Å². The maximum absolute atomic E-state index is 12.4. The summed E-state index contributed by atoms with van der Waals surface area (Å²) in [4.78, 5) is 16.6. The van der Waals surface area contributed by atoms with Gasteiger partial charge in [-0.1, -0.05) is 17.3 Å². The normalized spacial score (nSPS) is 12.1. The molecule has 0 fully saturated rings. The van der Waals surface area contributed by atoms with Gasteiger partial charge in [-0.15, -0.1) is 0 Å². The van der Waals surface area contributed by atoms with Crippen LogP contribution in [0.3, 0.4) is 0 Å². The molecule has 0 unspecified atom stereocenters. The van der Waals surface area contributed by atoms with Crippen LogP contribution in [0.4, 0.5) is 5.69 Å². The van der Waals surface area contributed by atoms with Crippen molar-refractivity contribution in [1.82, 2.24) is 15.5 Å². The van der Waals surface area contributed by atoms with Crippen molar-refractivity contribution in [3.63, 3.8) is 0 Å². The lowest BCUT2D eigenvalue weighted by Gasteiger charge is -2.18. The first-order valence-electron chi connectivity index (χ1n) is 9.62. The monoisotopic (exact) mass is 460 g/mol. The van der Waals surface area contributed by atoms with Crippen molar-refractivity contribution in [3.05, 3.63) is 54.4 Å². The summed E-state index contributed by atoms with van der Waals surface area (Å²) < 4.78 is 40.4. The zero-order valence-electron chi connectivity index (χ0n) is 18.1. The number of carbonyl (C=O) groups is 1. The molecule has 10 nitrogen and oxygen atoms in total. The summed E-state index contributed by atoms with van der Waals surface area (Å²) in [6.07, 6.45) is 0.321. The number of ether oxygens (including phenoxy) is 2. The second-order valence-corrected chi connectivity index (χ2v) is 8.96. The lowest BCUT2D eigenvalue weighted by molar-refractivity contribution is -0.127. The van der Waals surface area contributed by atoms with Gasteiger partial charge >= 0.3 is 0 Å². The molecule has 0 aliphatic carbocycles. The molecule has 0 spiro atoms. The Morgan fingerprint density at radius 3 is 2.56 bits per heavy atom. The van der Waals surface area contributed by atoms with E-state index in [1.807, 2.05) is 18.2 Å². The molecule has 0 radical (unpaired) electrons. The van der Waals surface area contributed by atoms with E-state index in [4.69, 9.17) is 14.0 Å². The molecule has 1 N–H and O–H groups in total. The highest BCUT2D eigenvalue weighted by Crippen LogP contribution is 2.22. The summed E-state index contributed by atoms with van der Waals surface area (Å²) in [6.45, 7) is 1.64. The van der Waals surface area contributed by atoms with Crippen molar-refractivity contribution in [2.24, 2.45) is 0 Å². The highest BCUT2D eigenvalue weighted by molar-refractivity contribution is 7.92. The number of rotatable bonds is 9. The molecule has 11 heteroatoms. The third-order valence-electron chi connectivity index (χ3n) is 4.59. The lowest BCUT2D eigenvalue weighted by Crippen LogP contribution is -2.36. The second kappa shape index (κ2) is 9.69. The van der Waals surface area contributed by atoms with E-state index in [-0.39, 0.29) is 18.3 Å². The number of sulfonamides is 1. The van der Waals surface area contributed by atoms with E-state index in [1.54, 1.807) is 44.4 Å². The number of hydrogen-bond acceptors (Lipinski definition) is 8. The summed E-state index contributed by atoms with van der Waals surface area (Å²) in [5.41, 5.74) is 1.22. The van der Waals surface area contributed by atoms with Crippen molar-refractivity contribution >= 4 is 21.6 Å². The molecule has 3 rings (SSSR count). The average molecular weight is 461 g/mol. The van der Waals surface area contributed by atoms with Crippen LogP contribution in [0.1, 0.15) is 12.8 Å². The lowest BCUT2D eigenvalue weighted by atomic mass is 10.2. The van der Waals surface area contributed by atoms with Crippen LogP contribution < -0.4 is 19.1 Å². The van der Waals surface area contributed by atoms with Crippen molar-refractivity contribution in [2.45, 2.75) is 19.6 Å². The van der Waals surface area contributed by atoms with Crippen molar-refractivity contribution in [2.75, 3.05) is 24.7 Å². The fourth-order valence-corrected chi connectivity index (χ4v) is 3.20. The van der Waals surface area contributed by atoms with Crippen LogP contribution in [0.15, 0.2) is 53.1 Å². The van der Waals surface area contributed by atoms with E-state index >= 15 is 0 Å². The van der Waals surface area contributed by atoms with Crippen LogP contribution in [0.25, 0.3) is 11.4 Å². The first-order valence-corrected chi connectivity index (χ1v) is 11.5. The van der Waals surface area contributed by atoms with E-state index in [9.17, 15) is 13.2 Å². The first-order chi connectivity index (χ1) is 15.2. The number of nitrogens with zero attached hydrogens (tertiary/aromatic N) is 3. The van der Waals surface area contributed by atoms with E-state index in [2.05, 4.69) is 15.5 Å². The summed E-state index contributed by atoms with van der Waals surface area (Å²) in [5, 5.41) is 6.60. The third kappa shape index (κ3) is 5.76. The van der Waals surface area contributed by atoms with Gasteiger partial charge in [-0.05, 0) is 43.3 Å². The van der Waals surface area contributed by atoms with Crippen LogP contribution in [-0.2, 0) is 21.4 Å². The molecule has 3 aromatic rings. The number of benzene rings is 2. The Hall–Kier alpha value is -3.60. The molecule has 32 heavy (non-hydrogen) atoms. The first kappa shape index (κ1) is 23.1. The van der Waals surface area contributed by atoms with E-state index in [0.29, 0.717) is 23.0 Å². The van der Waals surface area contributed by atoms with Gasteiger partial charge in [0.15, 0.2) is 6.10 Å². The molecule has 1 heterocycles. The number of aromatic nitrogens is 2. The zero-order valence-corrected chi connectivity index (χ0v) is 18.9. The Bertz CT molecular complexity index is 1180. The maximum atomic E-state index is 12.4. The minimum Gasteiger partial charge on any atom is -0.497 e. The number of methoxy groups -OCH3 is 1. The zero-order chi connectivity index (χ0) is 23.3. The molecule has 1 amide bonds. The Morgan fingerprint density at radius 1 is 1.19 bits per heavy atom. The Labute approximate surface area is 186 Å². The van der Waals surface area contributed by atoms with Gasteiger partial charge in [0.1, 0.15) is 11.5 Å². The smallest absolute Gasteiger partial charge is 0.261 e. The van der Waals surface area contributed by atoms with E-state index in [1.165, 1.54) is 7.05 Å². The van der Waals surface area contributed by atoms with E-state index < -0.39 is 16.1 Å².